The summed E-state index contributed by atoms with van der Waals surface area (Å²) < 4.78 is 5.40. The first-order valence-electron chi connectivity index (χ1n) is 9.49. The van der Waals surface area contributed by atoms with Gasteiger partial charge in [0.2, 0.25) is 11.0 Å². The standard InChI is InChI=1S/C18H19N3O3S/c22-14-10-7-5-8-11-9(7)13(14)18(11,12(8)10)16(23)19-17-21-20-15(25-17)6-1-3-24-4-2-6/h6-13H,1-5H2,(H,19,21,23). The van der Waals surface area contributed by atoms with E-state index >= 15 is 0 Å². The number of aromatic nitrogens is 2. The molecule has 1 saturated heterocycles. The van der Waals surface area contributed by atoms with Crippen molar-refractivity contribution in [3.05, 3.63) is 5.01 Å². The second-order valence-corrected chi connectivity index (χ2v) is 9.83. The zero-order valence-electron chi connectivity index (χ0n) is 13.7. The molecular formula is C18H19N3O3S. The van der Waals surface area contributed by atoms with Gasteiger partial charge in [-0.15, -0.1) is 10.2 Å². The van der Waals surface area contributed by atoms with Crippen LogP contribution in [0, 0.1) is 46.8 Å². The Morgan fingerprint density at radius 1 is 1.20 bits per heavy atom. The third kappa shape index (κ3) is 1.26. The Labute approximate surface area is 148 Å². The van der Waals surface area contributed by atoms with Gasteiger partial charge in [-0.2, -0.15) is 0 Å². The molecule has 1 aromatic heterocycles. The first kappa shape index (κ1) is 13.8. The van der Waals surface area contributed by atoms with E-state index in [4.69, 9.17) is 4.74 Å². The maximum atomic E-state index is 13.2. The smallest absolute Gasteiger partial charge is 0.233 e. The van der Waals surface area contributed by atoms with Crippen LogP contribution in [0.15, 0.2) is 0 Å². The number of anilines is 1. The molecule has 2 heterocycles. The normalized spacial score (nSPS) is 50.9. The molecule has 0 radical (unpaired) electrons. The predicted molar refractivity (Wildman–Crippen MR) is 87.8 cm³/mol. The zero-order valence-corrected chi connectivity index (χ0v) is 14.5. The molecule has 0 aromatic carbocycles. The highest BCUT2D eigenvalue weighted by atomic mass is 32.1. The number of nitrogens with zero attached hydrogens (tertiary/aromatic N) is 2. The van der Waals surface area contributed by atoms with Gasteiger partial charge < -0.3 is 10.1 Å². The van der Waals surface area contributed by atoms with Gasteiger partial charge in [0.25, 0.3) is 0 Å². The predicted octanol–water partition coefficient (Wildman–Crippen LogP) is 1.70. The highest BCUT2D eigenvalue weighted by Crippen LogP contribution is 2.92. The number of hydrogen-bond donors (Lipinski definition) is 1. The van der Waals surface area contributed by atoms with Gasteiger partial charge in [-0.1, -0.05) is 11.3 Å². The van der Waals surface area contributed by atoms with Crippen molar-refractivity contribution < 1.29 is 14.3 Å². The number of ketones is 1. The molecular weight excluding hydrogens is 338 g/mol. The average Bonchev–Trinajstić information content (AvgIpc) is 3.30. The molecule has 6 aliphatic carbocycles. The van der Waals surface area contributed by atoms with Gasteiger partial charge in [-0.25, -0.2) is 0 Å². The lowest BCUT2D eigenvalue weighted by Crippen LogP contribution is -2.74. The van der Waals surface area contributed by atoms with Crippen molar-refractivity contribution in [2.75, 3.05) is 18.5 Å². The van der Waals surface area contributed by atoms with Crippen LogP contribution in [0.5, 0.6) is 0 Å². The maximum absolute atomic E-state index is 13.2. The minimum atomic E-state index is -0.366. The van der Waals surface area contributed by atoms with E-state index < -0.39 is 0 Å². The fraction of sp³-hybridized carbons (Fsp3) is 0.778. The summed E-state index contributed by atoms with van der Waals surface area (Å²) in [6, 6.07) is 0. The Hall–Kier alpha value is -1.34. The van der Waals surface area contributed by atoms with E-state index in [1.54, 1.807) is 0 Å². The second kappa shape index (κ2) is 4.14. The minimum absolute atomic E-state index is 0.0270. The third-order valence-corrected chi connectivity index (χ3v) is 9.49. The monoisotopic (exact) mass is 357 g/mol. The number of nitrogens with one attached hydrogen (secondary N) is 1. The van der Waals surface area contributed by atoms with Crippen LogP contribution in [0.4, 0.5) is 5.13 Å². The number of carbonyl (C=O) groups is 2. The molecule has 7 fully saturated rings. The Bertz CT molecular complexity index is 833. The van der Waals surface area contributed by atoms with Crippen molar-refractivity contribution in [3.8, 4) is 0 Å². The van der Waals surface area contributed by atoms with Crippen molar-refractivity contribution in [3.63, 3.8) is 0 Å². The number of hydrogen-bond acceptors (Lipinski definition) is 6. The molecule has 25 heavy (non-hydrogen) atoms. The summed E-state index contributed by atoms with van der Waals surface area (Å²) in [5.74, 6) is 3.73. The maximum Gasteiger partial charge on any atom is 0.233 e. The molecule has 7 aliphatic rings. The van der Waals surface area contributed by atoms with Crippen LogP contribution in [0.25, 0.3) is 0 Å². The van der Waals surface area contributed by atoms with Crippen molar-refractivity contribution in [1.29, 1.82) is 0 Å². The Morgan fingerprint density at radius 3 is 2.84 bits per heavy atom. The highest BCUT2D eigenvalue weighted by molar-refractivity contribution is 7.15. The molecule has 1 aromatic rings. The Morgan fingerprint density at radius 2 is 2.04 bits per heavy atom. The van der Waals surface area contributed by atoms with Gasteiger partial charge in [-0.05, 0) is 48.9 Å². The lowest BCUT2D eigenvalue weighted by Gasteiger charge is -2.70. The Kier molecular flexibility index (Phi) is 2.29. The summed E-state index contributed by atoms with van der Waals surface area (Å²) in [5, 5.41) is 13.2. The molecule has 8 rings (SSSR count). The number of amides is 1. The summed E-state index contributed by atoms with van der Waals surface area (Å²) in [7, 11) is 0. The van der Waals surface area contributed by atoms with E-state index in [2.05, 4.69) is 15.5 Å². The van der Waals surface area contributed by atoms with Gasteiger partial charge in [0.05, 0.1) is 5.41 Å². The first-order valence-corrected chi connectivity index (χ1v) is 10.3. The van der Waals surface area contributed by atoms with Crippen molar-refractivity contribution in [2.45, 2.75) is 25.2 Å². The minimum Gasteiger partial charge on any atom is -0.381 e. The molecule has 130 valence electrons. The van der Waals surface area contributed by atoms with Crippen molar-refractivity contribution in [2.24, 2.45) is 46.8 Å². The molecule has 1 aliphatic heterocycles. The molecule has 1 amide bonds. The summed E-state index contributed by atoms with van der Waals surface area (Å²) in [4.78, 5) is 25.8. The molecule has 8 unspecified atom stereocenters. The van der Waals surface area contributed by atoms with E-state index in [0.29, 0.717) is 46.4 Å². The summed E-state index contributed by atoms with van der Waals surface area (Å²) in [5.41, 5.74) is -0.366. The number of carbonyl (C=O) groups excluding carboxylic acids is 2. The molecule has 4 bridgehead atoms. The first-order chi connectivity index (χ1) is 12.2. The number of rotatable bonds is 3. The van der Waals surface area contributed by atoms with Gasteiger partial charge in [0.1, 0.15) is 10.8 Å². The van der Waals surface area contributed by atoms with E-state index in [0.717, 1.165) is 31.1 Å². The van der Waals surface area contributed by atoms with E-state index in [9.17, 15) is 9.59 Å². The summed E-state index contributed by atoms with van der Waals surface area (Å²) in [6.07, 6.45) is 3.15. The SMILES string of the molecule is O=C1C2C3CC4C2C2(C(=O)Nc5nnc(C6CCOCC6)s5)C1C3C42. The number of Topliss-reactive ketones (excluding diaryl/α,β-unsaturated/α-hetero) is 1. The van der Waals surface area contributed by atoms with Gasteiger partial charge >= 0.3 is 0 Å². The Balaban J connectivity index is 1.15. The molecule has 1 N–H and O–H groups in total. The molecule has 7 heteroatoms. The molecule has 6 nitrogen and oxygen atoms in total. The van der Waals surface area contributed by atoms with Crippen LogP contribution in [0.3, 0.4) is 0 Å². The summed E-state index contributed by atoms with van der Waals surface area (Å²) in [6.45, 7) is 1.54. The van der Waals surface area contributed by atoms with E-state index in [1.807, 2.05) is 0 Å². The van der Waals surface area contributed by atoms with Crippen LogP contribution >= 0.6 is 11.3 Å². The van der Waals surface area contributed by atoms with Crippen molar-refractivity contribution in [1.82, 2.24) is 10.2 Å². The third-order valence-electron chi connectivity index (χ3n) is 8.49. The van der Waals surface area contributed by atoms with Crippen LogP contribution in [0.2, 0.25) is 0 Å². The van der Waals surface area contributed by atoms with Crippen LogP contribution in [-0.2, 0) is 14.3 Å². The van der Waals surface area contributed by atoms with E-state index in [1.165, 1.54) is 17.8 Å². The average molecular weight is 357 g/mol. The fourth-order valence-electron chi connectivity index (χ4n) is 8.02. The topological polar surface area (TPSA) is 81.2 Å². The van der Waals surface area contributed by atoms with Gasteiger partial charge in [-0.3, -0.25) is 9.59 Å². The largest absolute Gasteiger partial charge is 0.381 e. The lowest BCUT2D eigenvalue weighted by atomic mass is 9.31. The molecule has 0 spiro atoms. The molecule has 6 saturated carbocycles. The highest BCUT2D eigenvalue weighted by Gasteiger charge is 2.96. The summed E-state index contributed by atoms with van der Waals surface area (Å²) >= 11 is 1.50. The van der Waals surface area contributed by atoms with Crippen LogP contribution in [-0.4, -0.2) is 35.1 Å². The zero-order chi connectivity index (χ0) is 16.5. The van der Waals surface area contributed by atoms with Gasteiger partial charge in [0, 0.05) is 31.0 Å². The molecule has 8 atom stereocenters. The lowest BCUT2D eigenvalue weighted by molar-refractivity contribution is -0.245. The quantitative estimate of drug-likeness (QED) is 0.890. The fourth-order valence-corrected chi connectivity index (χ4v) is 8.93. The van der Waals surface area contributed by atoms with Crippen LogP contribution in [0.1, 0.15) is 30.2 Å². The number of ether oxygens (including phenoxy) is 1. The van der Waals surface area contributed by atoms with Crippen molar-refractivity contribution >= 4 is 28.2 Å². The van der Waals surface area contributed by atoms with E-state index in [-0.39, 0.29) is 23.2 Å². The van der Waals surface area contributed by atoms with Gasteiger partial charge in [0.15, 0.2) is 0 Å². The van der Waals surface area contributed by atoms with Crippen LogP contribution < -0.4 is 5.32 Å². The second-order valence-electron chi connectivity index (χ2n) is 8.82.